The average Bonchev–Trinajstić information content (AvgIpc) is 3.23. The van der Waals surface area contributed by atoms with Crippen LogP contribution in [-0.4, -0.2) is 35.1 Å². The quantitative estimate of drug-likeness (QED) is 0.867. The molecule has 0 spiro atoms. The fourth-order valence-electron chi connectivity index (χ4n) is 2.08. The minimum absolute atomic E-state index is 0.117. The molecule has 0 unspecified atom stereocenters. The smallest absolute Gasteiger partial charge is 0.260 e. The number of amides is 1. The van der Waals surface area contributed by atoms with E-state index >= 15 is 0 Å². The first kappa shape index (κ1) is 14.7. The van der Waals surface area contributed by atoms with Gasteiger partial charge in [-0.2, -0.15) is 0 Å². The van der Waals surface area contributed by atoms with Gasteiger partial charge in [0, 0.05) is 12.6 Å². The van der Waals surface area contributed by atoms with Gasteiger partial charge in [-0.1, -0.05) is 0 Å². The third kappa shape index (κ3) is 3.25. The van der Waals surface area contributed by atoms with Gasteiger partial charge in [0.25, 0.3) is 5.91 Å². The molecule has 1 aliphatic rings. The summed E-state index contributed by atoms with van der Waals surface area (Å²) >= 11 is 0. The van der Waals surface area contributed by atoms with Crippen LogP contribution in [0.1, 0.15) is 25.3 Å². The van der Waals surface area contributed by atoms with Gasteiger partial charge in [0.1, 0.15) is 0 Å². The topological polar surface area (TPSA) is 49.8 Å². The molecule has 0 heterocycles. The number of nitrogens with zero attached hydrogens (tertiary/aromatic N) is 1. The van der Waals surface area contributed by atoms with E-state index in [4.69, 9.17) is 9.84 Å². The van der Waals surface area contributed by atoms with Crippen molar-refractivity contribution in [3.8, 4) is 5.75 Å². The Kier molecular flexibility index (Phi) is 4.54. The third-order valence-corrected chi connectivity index (χ3v) is 3.23. The number of aliphatic hydroxyl groups excluding tert-OH is 1. The number of benzene rings is 1. The Balaban J connectivity index is 2.01. The summed E-state index contributed by atoms with van der Waals surface area (Å²) in [6.45, 7) is 1.56. The number of carbonyl (C=O) groups excluding carboxylic acids is 1. The van der Waals surface area contributed by atoms with Crippen LogP contribution in [-0.2, 0) is 11.4 Å². The fourth-order valence-corrected chi connectivity index (χ4v) is 2.08. The number of rotatable bonds is 6. The highest BCUT2D eigenvalue weighted by molar-refractivity contribution is 5.78. The molecule has 4 nitrogen and oxygen atoms in total. The van der Waals surface area contributed by atoms with Crippen molar-refractivity contribution in [3.05, 3.63) is 29.3 Å². The number of halogens is 2. The minimum atomic E-state index is -0.920. The monoisotopic (exact) mass is 285 g/mol. The zero-order chi connectivity index (χ0) is 14.7. The maximum absolute atomic E-state index is 13.6. The van der Waals surface area contributed by atoms with E-state index in [1.165, 1.54) is 0 Å². The highest BCUT2D eigenvalue weighted by Crippen LogP contribution is 2.27. The van der Waals surface area contributed by atoms with Crippen molar-refractivity contribution in [1.29, 1.82) is 0 Å². The van der Waals surface area contributed by atoms with Crippen LogP contribution >= 0.6 is 0 Å². The van der Waals surface area contributed by atoms with E-state index in [0.29, 0.717) is 6.54 Å². The zero-order valence-corrected chi connectivity index (χ0v) is 11.2. The van der Waals surface area contributed by atoms with Crippen molar-refractivity contribution in [1.82, 2.24) is 4.90 Å². The molecule has 0 atom stereocenters. The van der Waals surface area contributed by atoms with Crippen LogP contribution in [0.5, 0.6) is 5.75 Å². The summed E-state index contributed by atoms with van der Waals surface area (Å²) in [5.41, 5.74) is 0.117. The molecule has 0 saturated heterocycles. The SMILES string of the molecule is CCN(C(=O)COc1c(F)cc(CO)cc1F)C1CC1. The van der Waals surface area contributed by atoms with E-state index in [9.17, 15) is 13.6 Å². The van der Waals surface area contributed by atoms with Crippen LogP contribution in [0.15, 0.2) is 12.1 Å². The lowest BCUT2D eigenvalue weighted by atomic mass is 10.2. The van der Waals surface area contributed by atoms with Gasteiger partial charge in [0.15, 0.2) is 24.0 Å². The third-order valence-electron chi connectivity index (χ3n) is 3.23. The minimum Gasteiger partial charge on any atom is -0.478 e. The van der Waals surface area contributed by atoms with Gasteiger partial charge < -0.3 is 14.7 Å². The van der Waals surface area contributed by atoms with E-state index in [0.717, 1.165) is 25.0 Å². The second-order valence-electron chi connectivity index (χ2n) is 4.75. The molecule has 2 rings (SSSR count). The molecule has 1 aromatic rings. The molecule has 1 aromatic carbocycles. The Bertz CT molecular complexity index is 480. The number of likely N-dealkylation sites (N-methyl/N-ethyl adjacent to an activating group) is 1. The number of aliphatic hydroxyl groups is 1. The second-order valence-corrected chi connectivity index (χ2v) is 4.75. The summed E-state index contributed by atoms with van der Waals surface area (Å²) in [5, 5.41) is 8.83. The lowest BCUT2D eigenvalue weighted by Crippen LogP contribution is -2.36. The van der Waals surface area contributed by atoms with Crippen molar-refractivity contribution in [2.24, 2.45) is 0 Å². The summed E-state index contributed by atoms with van der Waals surface area (Å²) in [6, 6.07) is 2.21. The molecular weight excluding hydrogens is 268 g/mol. The molecule has 0 radical (unpaired) electrons. The van der Waals surface area contributed by atoms with Crippen molar-refractivity contribution < 1.29 is 23.4 Å². The Morgan fingerprint density at radius 2 is 2.00 bits per heavy atom. The van der Waals surface area contributed by atoms with Crippen LogP contribution < -0.4 is 4.74 Å². The Hall–Kier alpha value is -1.69. The van der Waals surface area contributed by atoms with Gasteiger partial charge in [-0.3, -0.25) is 4.79 Å². The van der Waals surface area contributed by atoms with Gasteiger partial charge in [-0.15, -0.1) is 0 Å². The lowest BCUT2D eigenvalue weighted by molar-refractivity contribution is -0.133. The van der Waals surface area contributed by atoms with Gasteiger partial charge in [-0.25, -0.2) is 8.78 Å². The Morgan fingerprint density at radius 3 is 2.45 bits per heavy atom. The first-order chi connectivity index (χ1) is 9.56. The maximum atomic E-state index is 13.6. The molecule has 1 aliphatic carbocycles. The first-order valence-electron chi connectivity index (χ1n) is 6.57. The molecule has 6 heteroatoms. The molecule has 0 aromatic heterocycles. The first-order valence-corrected chi connectivity index (χ1v) is 6.57. The summed E-state index contributed by atoms with van der Waals surface area (Å²) in [5.74, 6) is -2.70. The molecular formula is C14H17F2NO3. The molecule has 20 heavy (non-hydrogen) atoms. The van der Waals surface area contributed by atoms with Crippen LogP contribution in [0.25, 0.3) is 0 Å². The largest absolute Gasteiger partial charge is 0.478 e. The summed E-state index contributed by atoms with van der Waals surface area (Å²) in [7, 11) is 0. The molecule has 0 aliphatic heterocycles. The summed E-state index contributed by atoms with van der Waals surface area (Å²) in [6.07, 6.45) is 1.93. The van der Waals surface area contributed by atoms with Crippen LogP contribution in [0.2, 0.25) is 0 Å². The molecule has 0 bridgehead atoms. The highest BCUT2D eigenvalue weighted by Gasteiger charge is 2.31. The van der Waals surface area contributed by atoms with E-state index in [1.54, 1.807) is 4.90 Å². The van der Waals surface area contributed by atoms with Gasteiger partial charge >= 0.3 is 0 Å². The molecule has 1 amide bonds. The van der Waals surface area contributed by atoms with Crippen LogP contribution in [0.3, 0.4) is 0 Å². The second kappa shape index (κ2) is 6.17. The zero-order valence-electron chi connectivity index (χ0n) is 11.2. The maximum Gasteiger partial charge on any atom is 0.260 e. The average molecular weight is 285 g/mol. The lowest BCUT2D eigenvalue weighted by Gasteiger charge is -2.20. The van der Waals surface area contributed by atoms with Gasteiger partial charge in [0.2, 0.25) is 0 Å². The molecule has 1 N–H and O–H groups in total. The van der Waals surface area contributed by atoms with E-state index in [2.05, 4.69) is 0 Å². The van der Waals surface area contributed by atoms with Crippen molar-refractivity contribution in [2.45, 2.75) is 32.4 Å². The van der Waals surface area contributed by atoms with Crippen LogP contribution in [0.4, 0.5) is 8.78 Å². The predicted molar refractivity (Wildman–Crippen MR) is 68.2 cm³/mol. The van der Waals surface area contributed by atoms with Crippen LogP contribution in [0, 0.1) is 11.6 Å². The van der Waals surface area contributed by atoms with Crippen molar-refractivity contribution >= 4 is 5.91 Å². The van der Waals surface area contributed by atoms with Gasteiger partial charge in [-0.05, 0) is 37.5 Å². The number of ether oxygens (including phenoxy) is 1. The summed E-state index contributed by atoms with van der Waals surface area (Å²) < 4.78 is 32.2. The van der Waals surface area contributed by atoms with Crippen molar-refractivity contribution in [3.63, 3.8) is 0 Å². The van der Waals surface area contributed by atoms with E-state index in [-0.39, 0.29) is 17.5 Å². The molecule has 1 saturated carbocycles. The predicted octanol–water partition coefficient (Wildman–Crippen LogP) is 1.85. The number of hydrogen-bond donors (Lipinski definition) is 1. The molecule has 110 valence electrons. The standard InChI is InChI=1S/C14H17F2NO3/c1-2-17(10-3-4-10)13(19)8-20-14-11(15)5-9(7-18)6-12(14)16/h5-6,10,18H,2-4,7-8H2,1H3. The normalized spacial score (nSPS) is 14.2. The Morgan fingerprint density at radius 1 is 1.40 bits per heavy atom. The Labute approximate surface area is 116 Å². The van der Waals surface area contributed by atoms with E-state index < -0.39 is 30.6 Å². The fraction of sp³-hybridized carbons (Fsp3) is 0.500. The molecule has 1 fully saturated rings. The number of hydrogen-bond acceptors (Lipinski definition) is 3. The van der Waals surface area contributed by atoms with Crippen molar-refractivity contribution in [2.75, 3.05) is 13.2 Å². The van der Waals surface area contributed by atoms with E-state index in [1.807, 2.05) is 6.92 Å². The number of carbonyl (C=O) groups is 1. The summed E-state index contributed by atoms with van der Waals surface area (Å²) in [4.78, 5) is 13.5. The van der Waals surface area contributed by atoms with Gasteiger partial charge in [0.05, 0.1) is 6.61 Å². The highest BCUT2D eigenvalue weighted by atomic mass is 19.1.